The summed E-state index contributed by atoms with van der Waals surface area (Å²) >= 11 is 0. The SMILES string of the molecule is COc1cccc2ccn(CC3CCOCC3)c12. The van der Waals surface area contributed by atoms with Gasteiger partial charge in [-0.2, -0.15) is 0 Å². The van der Waals surface area contributed by atoms with Gasteiger partial charge in [-0.3, -0.25) is 0 Å². The Morgan fingerprint density at radius 1 is 1.28 bits per heavy atom. The van der Waals surface area contributed by atoms with Gasteiger partial charge in [0.15, 0.2) is 0 Å². The number of aromatic nitrogens is 1. The lowest BCUT2D eigenvalue weighted by Gasteiger charge is -2.23. The number of ether oxygens (including phenoxy) is 2. The number of hydrogen-bond donors (Lipinski definition) is 0. The summed E-state index contributed by atoms with van der Waals surface area (Å²) in [5.41, 5.74) is 1.21. The van der Waals surface area contributed by atoms with Crippen molar-refractivity contribution in [2.75, 3.05) is 20.3 Å². The van der Waals surface area contributed by atoms with Crippen LogP contribution in [0.3, 0.4) is 0 Å². The molecule has 2 heterocycles. The molecule has 3 heteroatoms. The number of methoxy groups -OCH3 is 1. The van der Waals surface area contributed by atoms with Crippen molar-refractivity contribution in [2.45, 2.75) is 19.4 Å². The molecule has 0 saturated carbocycles. The average Bonchev–Trinajstić information content (AvgIpc) is 2.83. The molecule has 3 nitrogen and oxygen atoms in total. The third-order valence-electron chi connectivity index (χ3n) is 3.77. The van der Waals surface area contributed by atoms with E-state index in [2.05, 4.69) is 22.9 Å². The van der Waals surface area contributed by atoms with E-state index in [0.29, 0.717) is 0 Å². The number of para-hydroxylation sites is 1. The van der Waals surface area contributed by atoms with Crippen LogP contribution in [0.1, 0.15) is 12.8 Å². The van der Waals surface area contributed by atoms with E-state index in [1.807, 2.05) is 12.1 Å². The molecule has 1 aromatic carbocycles. The first-order valence-electron chi connectivity index (χ1n) is 6.58. The Balaban J connectivity index is 1.91. The summed E-state index contributed by atoms with van der Waals surface area (Å²) in [7, 11) is 1.74. The molecule has 0 unspecified atom stereocenters. The van der Waals surface area contributed by atoms with Crippen molar-refractivity contribution in [3.63, 3.8) is 0 Å². The second kappa shape index (κ2) is 5.02. The van der Waals surface area contributed by atoms with E-state index in [9.17, 15) is 0 Å². The summed E-state index contributed by atoms with van der Waals surface area (Å²) in [6, 6.07) is 8.37. The van der Waals surface area contributed by atoms with Crippen LogP contribution in [0.2, 0.25) is 0 Å². The molecule has 1 aromatic heterocycles. The highest BCUT2D eigenvalue weighted by Crippen LogP contribution is 2.28. The summed E-state index contributed by atoms with van der Waals surface area (Å²) in [5, 5.41) is 1.25. The van der Waals surface area contributed by atoms with E-state index in [1.165, 1.54) is 10.9 Å². The fourth-order valence-corrected chi connectivity index (χ4v) is 2.75. The molecule has 0 N–H and O–H groups in total. The molecule has 1 saturated heterocycles. The molecule has 3 rings (SSSR count). The summed E-state index contributed by atoms with van der Waals surface area (Å²) in [6.07, 6.45) is 4.49. The van der Waals surface area contributed by atoms with E-state index in [4.69, 9.17) is 9.47 Å². The number of benzene rings is 1. The molecule has 1 fully saturated rings. The first-order valence-corrected chi connectivity index (χ1v) is 6.58. The molecule has 0 radical (unpaired) electrons. The van der Waals surface area contributed by atoms with Gasteiger partial charge in [-0.15, -0.1) is 0 Å². The van der Waals surface area contributed by atoms with Gasteiger partial charge >= 0.3 is 0 Å². The Morgan fingerprint density at radius 2 is 2.11 bits per heavy atom. The summed E-state index contributed by atoms with van der Waals surface area (Å²) < 4.78 is 13.2. The Hall–Kier alpha value is -1.48. The first kappa shape index (κ1) is 11.6. The maximum Gasteiger partial charge on any atom is 0.143 e. The summed E-state index contributed by atoms with van der Waals surface area (Å²) in [4.78, 5) is 0. The van der Waals surface area contributed by atoms with Crippen molar-refractivity contribution >= 4 is 10.9 Å². The van der Waals surface area contributed by atoms with Crippen LogP contribution in [0.4, 0.5) is 0 Å². The molecule has 0 aliphatic carbocycles. The quantitative estimate of drug-likeness (QED) is 0.829. The van der Waals surface area contributed by atoms with Gasteiger partial charge in [-0.1, -0.05) is 12.1 Å². The minimum Gasteiger partial charge on any atom is -0.495 e. The van der Waals surface area contributed by atoms with Crippen LogP contribution in [0.15, 0.2) is 30.5 Å². The second-order valence-electron chi connectivity index (χ2n) is 4.92. The van der Waals surface area contributed by atoms with Crippen LogP contribution in [0, 0.1) is 5.92 Å². The Labute approximate surface area is 107 Å². The third-order valence-corrected chi connectivity index (χ3v) is 3.77. The summed E-state index contributed by atoms with van der Waals surface area (Å²) in [5.74, 6) is 1.68. The van der Waals surface area contributed by atoms with Crippen LogP contribution in [0.5, 0.6) is 5.75 Å². The number of hydrogen-bond acceptors (Lipinski definition) is 2. The van der Waals surface area contributed by atoms with E-state index in [1.54, 1.807) is 7.11 Å². The third kappa shape index (κ3) is 2.10. The molecule has 0 atom stereocenters. The lowest BCUT2D eigenvalue weighted by molar-refractivity contribution is 0.0616. The lowest BCUT2D eigenvalue weighted by Crippen LogP contribution is -2.20. The zero-order valence-corrected chi connectivity index (χ0v) is 10.8. The van der Waals surface area contributed by atoms with E-state index >= 15 is 0 Å². The normalized spacial score (nSPS) is 17.2. The minimum atomic E-state index is 0.722. The van der Waals surface area contributed by atoms with Crippen molar-refractivity contribution in [2.24, 2.45) is 5.92 Å². The van der Waals surface area contributed by atoms with Crippen molar-refractivity contribution in [3.05, 3.63) is 30.5 Å². The number of fused-ring (bicyclic) bond motifs is 1. The molecular formula is C15H19NO2. The molecule has 1 aliphatic heterocycles. The molecule has 2 aromatic rings. The Bertz CT molecular complexity index is 526. The standard InChI is InChI=1S/C15H19NO2/c1-17-14-4-2-3-13-5-8-16(15(13)14)11-12-6-9-18-10-7-12/h2-5,8,12H,6-7,9-11H2,1H3. The van der Waals surface area contributed by atoms with E-state index < -0.39 is 0 Å². The van der Waals surface area contributed by atoms with Crippen molar-refractivity contribution in [1.29, 1.82) is 0 Å². The zero-order valence-electron chi connectivity index (χ0n) is 10.8. The van der Waals surface area contributed by atoms with Crippen molar-refractivity contribution < 1.29 is 9.47 Å². The highest BCUT2D eigenvalue weighted by Gasteiger charge is 2.16. The van der Waals surface area contributed by atoms with Gasteiger partial charge in [-0.05, 0) is 30.9 Å². The zero-order chi connectivity index (χ0) is 12.4. The van der Waals surface area contributed by atoms with Gasteiger partial charge in [0.05, 0.1) is 12.6 Å². The molecule has 1 aliphatic rings. The van der Waals surface area contributed by atoms with Crippen LogP contribution >= 0.6 is 0 Å². The van der Waals surface area contributed by atoms with Gasteiger partial charge in [0, 0.05) is 31.3 Å². The average molecular weight is 245 g/mol. The highest BCUT2D eigenvalue weighted by molar-refractivity contribution is 5.85. The van der Waals surface area contributed by atoms with Crippen LogP contribution in [-0.4, -0.2) is 24.9 Å². The van der Waals surface area contributed by atoms with Gasteiger partial charge in [0.2, 0.25) is 0 Å². The lowest BCUT2D eigenvalue weighted by atomic mass is 10.0. The highest BCUT2D eigenvalue weighted by atomic mass is 16.5. The molecule has 0 amide bonds. The molecule has 18 heavy (non-hydrogen) atoms. The predicted molar refractivity (Wildman–Crippen MR) is 72.0 cm³/mol. The number of rotatable bonds is 3. The summed E-state index contributed by atoms with van der Waals surface area (Å²) in [6.45, 7) is 2.87. The first-order chi connectivity index (χ1) is 8.88. The molecular weight excluding hydrogens is 226 g/mol. The number of nitrogens with zero attached hydrogens (tertiary/aromatic N) is 1. The Kier molecular flexibility index (Phi) is 3.24. The fourth-order valence-electron chi connectivity index (χ4n) is 2.75. The van der Waals surface area contributed by atoms with Gasteiger partial charge in [-0.25, -0.2) is 0 Å². The smallest absolute Gasteiger partial charge is 0.143 e. The van der Waals surface area contributed by atoms with E-state index in [0.717, 1.165) is 44.3 Å². The monoisotopic (exact) mass is 245 g/mol. The second-order valence-corrected chi connectivity index (χ2v) is 4.92. The maximum atomic E-state index is 5.47. The van der Waals surface area contributed by atoms with Crippen molar-refractivity contribution in [3.8, 4) is 5.75 Å². The van der Waals surface area contributed by atoms with Crippen molar-refractivity contribution in [1.82, 2.24) is 4.57 Å². The van der Waals surface area contributed by atoms with Crippen LogP contribution < -0.4 is 4.74 Å². The Morgan fingerprint density at radius 3 is 2.89 bits per heavy atom. The largest absolute Gasteiger partial charge is 0.495 e. The van der Waals surface area contributed by atoms with Gasteiger partial charge < -0.3 is 14.0 Å². The van der Waals surface area contributed by atoms with Crippen LogP contribution in [0.25, 0.3) is 10.9 Å². The predicted octanol–water partition coefficient (Wildman–Crippen LogP) is 3.08. The van der Waals surface area contributed by atoms with Gasteiger partial charge in [0.25, 0.3) is 0 Å². The minimum absolute atomic E-state index is 0.722. The fraction of sp³-hybridized carbons (Fsp3) is 0.467. The van der Waals surface area contributed by atoms with Gasteiger partial charge in [0.1, 0.15) is 5.75 Å². The molecule has 0 bridgehead atoms. The molecule has 96 valence electrons. The maximum absolute atomic E-state index is 5.47. The van der Waals surface area contributed by atoms with E-state index in [-0.39, 0.29) is 0 Å². The molecule has 0 spiro atoms. The van der Waals surface area contributed by atoms with Crippen LogP contribution in [-0.2, 0) is 11.3 Å². The topological polar surface area (TPSA) is 23.4 Å².